The molecule has 2 N–H and O–H groups in total. The first kappa shape index (κ1) is 24.3. The van der Waals surface area contributed by atoms with Gasteiger partial charge in [0.05, 0.1) is 17.2 Å². The largest absolute Gasteiger partial charge is 0.457 e. The SMILES string of the molecule is C=C(F)C(=O)N1CC(n2c(=O)n(-c3ccc(Oc4ccccc4)cc3)c3c(N)nccc32)CC(C)(C)C1. The molecule has 8 nitrogen and oxygen atoms in total. The van der Waals surface area contributed by atoms with Gasteiger partial charge in [-0.2, -0.15) is 0 Å². The zero-order valence-corrected chi connectivity index (χ0v) is 20.7. The molecule has 0 spiro atoms. The van der Waals surface area contributed by atoms with E-state index >= 15 is 0 Å². The third-order valence-corrected chi connectivity index (χ3v) is 6.61. The molecule has 0 saturated carbocycles. The van der Waals surface area contributed by atoms with Crippen molar-refractivity contribution < 1.29 is 13.9 Å². The average molecular weight is 502 g/mol. The van der Waals surface area contributed by atoms with Crippen LogP contribution in [0.2, 0.25) is 0 Å². The maximum atomic E-state index is 14.0. The Morgan fingerprint density at radius 2 is 1.78 bits per heavy atom. The summed E-state index contributed by atoms with van der Waals surface area (Å²) >= 11 is 0. The third kappa shape index (κ3) is 4.60. The number of aromatic nitrogens is 3. The van der Waals surface area contributed by atoms with Gasteiger partial charge in [0.15, 0.2) is 5.83 Å². The first-order chi connectivity index (χ1) is 17.6. The molecule has 37 heavy (non-hydrogen) atoms. The van der Waals surface area contributed by atoms with Crippen LogP contribution in [0, 0.1) is 5.41 Å². The van der Waals surface area contributed by atoms with Crippen LogP contribution in [0.15, 0.2) is 84.1 Å². The summed E-state index contributed by atoms with van der Waals surface area (Å²) in [4.78, 5) is 32.1. The van der Waals surface area contributed by atoms with Crippen LogP contribution in [0.5, 0.6) is 11.5 Å². The summed E-state index contributed by atoms with van der Waals surface area (Å²) in [5.74, 6) is -0.250. The van der Waals surface area contributed by atoms with Gasteiger partial charge in [0.2, 0.25) is 0 Å². The highest BCUT2D eigenvalue weighted by Crippen LogP contribution is 2.37. The van der Waals surface area contributed by atoms with E-state index in [1.807, 2.05) is 44.2 Å². The van der Waals surface area contributed by atoms with Crippen molar-refractivity contribution >= 4 is 22.8 Å². The molecule has 1 atom stereocenters. The number of para-hydroxylation sites is 1. The lowest BCUT2D eigenvalue weighted by Gasteiger charge is -2.42. The zero-order chi connectivity index (χ0) is 26.3. The quantitative estimate of drug-likeness (QED) is 0.395. The third-order valence-electron chi connectivity index (χ3n) is 6.61. The minimum Gasteiger partial charge on any atom is -0.457 e. The number of nitrogen functional groups attached to an aromatic ring is 1. The number of hydrogen-bond acceptors (Lipinski definition) is 5. The van der Waals surface area contributed by atoms with Gasteiger partial charge in [-0.05, 0) is 54.3 Å². The number of pyridine rings is 1. The Bertz CT molecular complexity index is 1540. The Hall–Kier alpha value is -4.40. The lowest BCUT2D eigenvalue weighted by molar-refractivity contribution is -0.132. The number of amides is 1. The second kappa shape index (κ2) is 9.24. The highest BCUT2D eigenvalue weighted by Gasteiger charge is 2.38. The summed E-state index contributed by atoms with van der Waals surface area (Å²) in [6.45, 7) is 7.69. The number of imidazole rings is 1. The fourth-order valence-electron chi connectivity index (χ4n) is 5.17. The molecule has 190 valence electrons. The molecule has 5 rings (SSSR count). The lowest BCUT2D eigenvalue weighted by atomic mass is 9.81. The minimum absolute atomic E-state index is 0.177. The number of ether oxygens (including phenoxy) is 1. The molecule has 3 heterocycles. The summed E-state index contributed by atoms with van der Waals surface area (Å²) in [6, 6.07) is 17.9. The van der Waals surface area contributed by atoms with Crippen LogP contribution in [0.4, 0.5) is 10.2 Å². The zero-order valence-electron chi connectivity index (χ0n) is 20.7. The average Bonchev–Trinajstić information content (AvgIpc) is 3.16. The second-order valence-electron chi connectivity index (χ2n) is 10.1. The van der Waals surface area contributed by atoms with Crippen molar-refractivity contribution in [2.24, 2.45) is 5.41 Å². The molecular formula is C28H28FN5O3. The summed E-state index contributed by atoms with van der Waals surface area (Å²) in [5, 5.41) is 0. The maximum Gasteiger partial charge on any atom is 0.334 e. The number of nitrogens with two attached hydrogens (primary N) is 1. The lowest BCUT2D eigenvalue weighted by Crippen LogP contribution is -2.49. The Labute approximate surface area is 213 Å². The first-order valence-electron chi connectivity index (χ1n) is 12.0. The van der Waals surface area contributed by atoms with Gasteiger partial charge in [0.1, 0.15) is 22.8 Å². The number of likely N-dealkylation sites (tertiary alicyclic amines) is 1. The number of carbonyl (C=O) groups is 1. The molecule has 1 fully saturated rings. The van der Waals surface area contributed by atoms with Gasteiger partial charge in [0, 0.05) is 19.3 Å². The number of halogens is 1. The normalized spacial score (nSPS) is 17.1. The predicted octanol–water partition coefficient (Wildman–Crippen LogP) is 4.84. The number of rotatable bonds is 5. The van der Waals surface area contributed by atoms with E-state index in [0.29, 0.717) is 41.2 Å². The first-order valence-corrected chi connectivity index (χ1v) is 12.0. The van der Waals surface area contributed by atoms with Crippen LogP contribution in [-0.4, -0.2) is 38.0 Å². The summed E-state index contributed by atoms with van der Waals surface area (Å²) in [5.41, 5.74) is 7.26. The predicted molar refractivity (Wildman–Crippen MR) is 141 cm³/mol. The molecule has 2 aromatic carbocycles. The monoisotopic (exact) mass is 501 g/mol. The summed E-state index contributed by atoms with van der Waals surface area (Å²) < 4.78 is 22.8. The number of fused-ring (bicyclic) bond motifs is 1. The van der Waals surface area contributed by atoms with Crippen LogP contribution in [-0.2, 0) is 4.79 Å². The topological polar surface area (TPSA) is 95.4 Å². The van der Waals surface area contributed by atoms with E-state index < -0.39 is 17.8 Å². The van der Waals surface area contributed by atoms with Gasteiger partial charge < -0.3 is 15.4 Å². The van der Waals surface area contributed by atoms with Gasteiger partial charge in [-0.15, -0.1) is 0 Å². The minimum atomic E-state index is -1.02. The van der Waals surface area contributed by atoms with Gasteiger partial charge in [-0.1, -0.05) is 38.6 Å². The molecule has 4 aromatic rings. The molecule has 0 bridgehead atoms. The van der Waals surface area contributed by atoms with Gasteiger partial charge in [0.25, 0.3) is 5.91 Å². The molecular weight excluding hydrogens is 473 g/mol. The molecule has 1 aliphatic rings. The number of piperidine rings is 1. The van der Waals surface area contributed by atoms with E-state index in [0.717, 1.165) is 0 Å². The van der Waals surface area contributed by atoms with Gasteiger partial charge in [-0.3, -0.25) is 13.9 Å². The Morgan fingerprint density at radius 3 is 2.46 bits per heavy atom. The number of nitrogens with zero attached hydrogens (tertiary/aromatic N) is 4. The second-order valence-corrected chi connectivity index (χ2v) is 10.1. The smallest absolute Gasteiger partial charge is 0.334 e. The van der Waals surface area contributed by atoms with Crippen LogP contribution in [0.3, 0.4) is 0 Å². The number of benzene rings is 2. The highest BCUT2D eigenvalue weighted by molar-refractivity contribution is 5.91. The molecule has 1 amide bonds. The maximum absolute atomic E-state index is 14.0. The van der Waals surface area contributed by atoms with Crippen molar-refractivity contribution in [3.63, 3.8) is 0 Å². The highest BCUT2D eigenvalue weighted by atomic mass is 19.1. The van der Waals surface area contributed by atoms with E-state index in [1.165, 1.54) is 9.47 Å². The van der Waals surface area contributed by atoms with Crippen molar-refractivity contribution in [3.8, 4) is 17.2 Å². The van der Waals surface area contributed by atoms with E-state index in [-0.39, 0.29) is 23.5 Å². The van der Waals surface area contributed by atoms with Crippen molar-refractivity contribution in [2.75, 3.05) is 18.8 Å². The van der Waals surface area contributed by atoms with E-state index in [9.17, 15) is 14.0 Å². The van der Waals surface area contributed by atoms with Crippen molar-refractivity contribution in [1.29, 1.82) is 0 Å². The molecule has 0 radical (unpaired) electrons. The Morgan fingerprint density at radius 1 is 1.11 bits per heavy atom. The van der Waals surface area contributed by atoms with Crippen molar-refractivity contribution in [2.45, 2.75) is 26.3 Å². The standard InChI is InChI=1S/C28H28FN5O3/c1-18(29)26(35)32-16-20(15-28(2,3)17-32)33-23-13-14-31-25(30)24(23)34(27(33)36)19-9-11-22(12-10-19)37-21-7-5-4-6-8-21/h4-14,20H,1,15-17H2,2-3H3,(H2,30,31). The van der Waals surface area contributed by atoms with Gasteiger partial charge >= 0.3 is 5.69 Å². The molecule has 0 aliphatic carbocycles. The molecule has 1 unspecified atom stereocenters. The van der Waals surface area contributed by atoms with Crippen LogP contribution in [0.25, 0.3) is 16.7 Å². The van der Waals surface area contributed by atoms with E-state index in [2.05, 4.69) is 11.6 Å². The van der Waals surface area contributed by atoms with Crippen molar-refractivity contribution in [3.05, 3.63) is 89.8 Å². The Balaban J connectivity index is 1.58. The van der Waals surface area contributed by atoms with E-state index in [1.54, 1.807) is 41.1 Å². The number of carbonyl (C=O) groups excluding carboxylic acids is 1. The fourth-order valence-corrected chi connectivity index (χ4v) is 5.17. The molecule has 9 heteroatoms. The summed E-state index contributed by atoms with van der Waals surface area (Å²) in [6.07, 6.45) is 2.16. The Kier molecular flexibility index (Phi) is 6.07. The van der Waals surface area contributed by atoms with Crippen LogP contribution >= 0.6 is 0 Å². The fraction of sp³-hybridized carbons (Fsp3) is 0.250. The molecule has 2 aromatic heterocycles. The van der Waals surface area contributed by atoms with Crippen molar-refractivity contribution in [1.82, 2.24) is 19.0 Å². The van der Waals surface area contributed by atoms with E-state index in [4.69, 9.17) is 10.5 Å². The molecule has 1 saturated heterocycles. The number of anilines is 1. The van der Waals surface area contributed by atoms with Gasteiger partial charge in [-0.25, -0.2) is 14.2 Å². The summed E-state index contributed by atoms with van der Waals surface area (Å²) in [7, 11) is 0. The van der Waals surface area contributed by atoms with Crippen LogP contribution in [0.1, 0.15) is 26.3 Å². The molecule has 1 aliphatic heterocycles. The van der Waals surface area contributed by atoms with Crippen LogP contribution < -0.4 is 16.2 Å². The number of hydrogen-bond donors (Lipinski definition) is 1.